The zero-order chi connectivity index (χ0) is 28.6. The zero-order valence-corrected chi connectivity index (χ0v) is 20.3. The average molecular weight is 571 g/mol. The van der Waals surface area contributed by atoms with E-state index in [0.717, 1.165) is 10.8 Å². The quantitative estimate of drug-likeness (QED) is 0.118. The third-order valence-corrected chi connectivity index (χ3v) is 6.97. The summed E-state index contributed by atoms with van der Waals surface area (Å²) in [5, 5.41) is 69.2. The summed E-state index contributed by atoms with van der Waals surface area (Å²) in [4.78, 5) is 40.0. The minimum atomic E-state index is -5.69. The first-order valence-electron chi connectivity index (χ1n) is 11.0. The molecule has 2 aliphatic rings. The van der Waals surface area contributed by atoms with Crippen molar-refractivity contribution >= 4 is 19.6 Å². The topological polar surface area (TPSA) is 323 Å². The molecule has 3 heterocycles. The highest BCUT2D eigenvalue weighted by Crippen LogP contribution is 2.48. The molecule has 0 bridgehead atoms. The molecule has 0 aromatic carbocycles. The number of aliphatic hydroxyl groups is 6. The number of nitrogen functional groups attached to an aromatic ring is 1. The van der Waals surface area contributed by atoms with Crippen LogP contribution in [0.4, 0.5) is 5.82 Å². The highest BCUT2D eigenvalue weighted by atomic mass is 31.2. The molecule has 2 saturated heterocycles. The van der Waals surface area contributed by atoms with Crippen LogP contribution < -0.4 is 22.1 Å². The Morgan fingerprint density at radius 1 is 1.34 bits per heavy atom. The van der Waals surface area contributed by atoms with Gasteiger partial charge >= 0.3 is 11.7 Å². The summed E-state index contributed by atoms with van der Waals surface area (Å²) in [6.07, 6.45) is -14.3. The number of aromatic nitrogens is 2. The maximum absolute atomic E-state index is 12.5. The summed E-state index contributed by atoms with van der Waals surface area (Å²) in [6.45, 7) is -2.05. The molecule has 0 spiro atoms. The van der Waals surface area contributed by atoms with Crippen molar-refractivity contribution in [2.24, 2.45) is 5.73 Å². The van der Waals surface area contributed by atoms with Crippen molar-refractivity contribution in [1.82, 2.24) is 9.55 Å². The van der Waals surface area contributed by atoms with E-state index in [0.29, 0.717) is 0 Å². The second-order valence-corrected chi connectivity index (χ2v) is 9.99. The van der Waals surface area contributed by atoms with E-state index in [9.17, 15) is 49.7 Å². The molecule has 0 radical (unpaired) electrons. The molecule has 1 aromatic heterocycles. The third-order valence-electron chi connectivity index (χ3n) is 5.99. The van der Waals surface area contributed by atoms with Gasteiger partial charge in [0.05, 0.1) is 25.4 Å². The predicted octanol–water partition coefficient (Wildman–Crippen LogP) is -6.08. The number of phosphoric ester groups is 1. The summed E-state index contributed by atoms with van der Waals surface area (Å²) in [5.74, 6) is -5.40. The normalized spacial score (nSPS) is 36.9. The summed E-state index contributed by atoms with van der Waals surface area (Å²) in [5.41, 5.74) is 10.1. The predicted molar refractivity (Wildman–Crippen MR) is 116 cm³/mol. The lowest BCUT2D eigenvalue weighted by molar-refractivity contribution is -0.312. The van der Waals surface area contributed by atoms with Crippen molar-refractivity contribution in [3.8, 4) is 0 Å². The maximum Gasteiger partial charge on any atom is 0.364 e. The van der Waals surface area contributed by atoms with Gasteiger partial charge in [-0.3, -0.25) is 13.7 Å². The van der Waals surface area contributed by atoms with E-state index in [-0.39, 0.29) is 5.82 Å². The van der Waals surface area contributed by atoms with E-state index in [4.69, 9.17) is 26.0 Å². The number of hydrogen-bond acceptors (Lipinski definition) is 17. The molecule has 2 aliphatic heterocycles. The molecule has 0 aliphatic carbocycles. The lowest BCUT2D eigenvalue weighted by Crippen LogP contribution is -2.66. The van der Waals surface area contributed by atoms with Crippen molar-refractivity contribution in [2.75, 3.05) is 18.9 Å². The number of aliphatic carboxylic acids is 1. The molecule has 1 aromatic rings. The van der Waals surface area contributed by atoms with Crippen molar-refractivity contribution in [1.29, 1.82) is 0 Å². The second-order valence-electron chi connectivity index (χ2n) is 8.65. The Labute approximate surface area is 213 Å². The van der Waals surface area contributed by atoms with E-state index >= 15 is 0 Å². The first-order chi connectivity index (χ1) is 17.6. The van der Waals surface area contributed by atoms with Crippen molar-refractivity contribution in [3.63, 3.8) is 0 Å². The molecular formula is C18H28N4O15P-. The molecule has 3 rings (SSSR count). The lowest BCUT2D eigenvalue weighted by atomic mass is 9.89. The number of aliphatic hydroxyl groups excluding tert-OH is 6. The number of carbonyl (C=O) groups is 1. The van der Waals surface area contributed by atoms with Gasteiger partial charge in [-0.15, -0.1) is 0 Å². The fourth-order valence-corrected chi connectivity index (χ4v) is 4.86. The zero-order valence-electron chi connectivity index (χ0n) is 19.4. The van der Waals surface area contributed by atoms with Crippen LogP contribution in [0.3, 0.4) is 0 Å². The third kappa shape index (κ3) is 6.20. The van der Waals surface area contributed by atoms with Crippen LogP contribution in [-0.4, -0.2) is 119 Å². The molecule has 216 valence electrons. The molecule has 38 heavy (non-hydrogen) atoms. The number of nitrogens with zero attached hydrogens (tertiary/aromatic N) is 2. The standard InChI is InChI=1S/C18H29N4O15P/c19-9-1-2-22(17(31)21-9)15-13(28)12(27)8(35-15)5-34-38(32,33)37-18(16(29)30)3-6(24)10(20)14(36-18)11(26)7(25)4-23/h1-2,6-8,10-15,23-28H,3-5,20H2,(H,29,30)(H,32,33)(H2,19,21,31)/p-1/t6-,7-,8-,10-,11-,12+,13?,14?,15-,18-/m1/s1. The number of rotatable bonds is 10. The molecule has 0 amide bonds. The van der Waals surface area contributed by atoms with E-state index in [1.807, 2.05) is 0 Å². The minimum absolute atomic E-state index is 0.132. The maximum atomic E-state index is 12.5. The molecule has 0 saturated carbocycles. The number of phosphoric acid groups is 1. The van der Waals surface area contributed by atoms with Gasteiger partial charge in [-0.05, 0) is 6.07 Å². The fraction of sp³-hybridized carbons (Fsp3) is 0.722. The van der Waals surface area contributed by atoms with Gasteiger partial charge in [0.1, 0.15) is 42.4 Å². The SMILES string of the molecule is Nc1ccn([C@@H]2O[C@H](COP(=O)([O-])O[C@@]3(C(=O)O)C[C@@H](O)[C@@H](N)C([C@H](O)[C@H](O)CO)O3)[C@H](O)C2O)c(=O)n1. The molecule has 2 fully saturated rings. The van der Waals surface area contributed by atoms with Gasteiger partial charge in [-0.25, -0.2) is 9.59 Å². The van der Waals surface area contributed by atoms with Crippen molar-refractivity contribution < 1.29 is 68.5 Å². The highest BCUT2D eigenvalue weighted by Gasteiger charge is 2.56. The fourth-order valence-electron chi connectivity index (χ4n) is 3.92. The molecule has 3 unspecified atom stereocenters. The van der Waals surface area contributed by atoms with E-state index in [1.54, 1.807) is 0 Å². The average Bonchev–Trinajstić information content (AvgIpc) is 3.12. The van der Waals surface area contributed by atoms with E-state index in [1.165, 1.54) is 6.07 Å². The van der Waals surface area contributed by atoms with Gasteiger partial charge < -0.3 is 66.1 Å². The van der Waals surface area contributed by atoms with Crippen LogP contribution in [0.5, 0.6) is 0 Å². The molecule has 19 nitrogen and oxygen atoms in total. The van der Waals surface area contributed by atoms with Crippen molar-refractivity contribution in [3.05, 3.63) is 22.7 Å². The molecule has 11 atom stereocenters. The largest absolute Gasteiger partial charge is 0.756 e. The van der Waals surface area contributed by atoms with Gasteiger partial charge in [-0.2, -0.15) is 4.98 Å². The monoisotopic (exact) mass is 571 g/mol. The van der Waals surface area contributed by atoms with Crippen molar-refractivity contribution in [2.45, 2.75) is 67.2 Å². The highest BCUT2D eigenvalue weighted by molar-refractivity contribution is 7.45. The van der Waals surface area contributed by atoms with Crippen LogP contribution >= 0.6 is 7.82 Å². The number of carboxylic acid groups (broad SMARTS) is 1. The smallest absolute Gasteiger partial charge is 0.364 e. The Bertz CT molecular complexity index is 1110. The number of hydrogen-bond donors (Lipinski definition) is 9. The van der Waals surface area contributed by atoms with Crippen LogP contribution in [0.25, 0.3) is 0 Å². The van der Waals surface area contributed by atoms with Crippen LogP contribution in [0, 0.1) is 0 Å². The Balaban J connectivity index is 1.74. The van der Waals surface area contributed by atoms with Crippen LogP contribution in [0.1, 0.15) is 12.6 Å². The molecular weight excluding hydrogens is 543 g/mol. The van der Waals surface area contributed by atoms with Gasteiger partial charge in [0.15, 0.2) is 6.23 Å². The van der Waals surface area contributed by atoms with Gasteiger partial charge in [0.25, 0.3) is 13.6 Å². The van der Waals surface area contributed by atoms with Gasteiger partial charge in [0, 0.05) is 12.6 Å². The summed E-state index contributed by atoms with van der Waals surface area (Å²) in [6, 6.07) is -0.326. The Morgan fingerprint density at radius 2 is 2.00 bits per heavy atom. The second kappa shape index (κ2) is 11.6. The molecule has 20 heteroatoms. The number of ether oxygens (including phenoxy) is 2. The van der Waals surface area contributed by atoms with E-state index < -0.39 is 99.9 Å². The Morgan fingerprint density at radius 3 is 2.58 bits per heavy atom. The molecule has 11 N–H and O–H groups in total. The summed E-state index contributed by atoms with van der Waals surface area (Å²) < 4.78 is 33.0. The van der Waals surface area contributed by atoms with Crippen LogP contribution in [-0.2, 0) is 27.9 Å². The first kappa shape index (κ1) is 30.4. The lowest BCUT2D eigenvalue weighted by Gasteiger charge is -2.46. The number of nitrogens with two attached hydrogens (primary N) is 2. The van der Waals surface area contributed by atoms with Crippen LogP contribution in [0.2, 0.25) is 0 Å². The Kier molecular flexibility index (Phi) is 9.26. The number of anilines is 1. The number of carboxylic acids is 1. The summed E-state index contributed by atoms with van der Waals surface area (Å²) >= 11 is 0. The van der Waals surface area contributed by atoms with Gasteiger partial charge in [-0.1, -0.05) is 0 Å². The Hall–Kier alpha value is -2.10. The summed E-state index contributed by atoms with van der Waals surface area (Å²) in [7, 11) is -5.69. The van der Waals surface area contributed by atoms with E-state index in [2.05, 4.69) is 14.0 Å². The van der Waals surface area contributed by atoms with Crippen LogP contribution in [0.15, 0.2) is 17.1 Å². The van der Waals surface area contributed by atoms with Gasteiger partial charge in [0.2, 0.25) is 0 Å². The minimum Gasteiger partial charge on any atom is -0.756 e. The first-order valence-corrected chi connectivity index (χ1v) is 12.4.